The molecular formula is C15H16ClN3O2S. The molecule has 0 spiro atoms. The number of morpholine rings is 1. The number of para-hydroxylation sites is 1. The third-order valence-electron chi connectivity index (χ3n) is 3.37. The molecule has 1 aliphatic heterocycles. The number of halogens is 1. The van der Waals surface area contributed by atoms with Gasteiger partial charge in [0.05, 0.1) is 30.5 Å². The maximum atomic E-state index is 12.2. The number of rotatable bonds is 4. The number of hydrogen-bond acceptors (Lipinski definition) is 5. The first-order chi connectivity index (χ1) is 10.7. The number of carbonyl (C=O) groups is 1. The second-order valence-corrected chi connectivity index (χ2v) is 6.30. The fourth-order valence-electron chi connectivity index (χ4n) is 2.19. The van der Waals surface area contributed by atoms with Gasteiger partial charge in [0.1, 0.15) is 10.7 Å². The number of hydrogen-bond donors (Lipinski definition) is 1. The summed E-state index contributed by atoms with van der Waals surface area (Å²) in [6, 6.07) is 7.15. The molecule has 0 bridgehead atoms. The minimum Gasteiger partial charge on any atom is -0.379 e. The normalized spacial score (nSPS) is 15.7. The van der Waals surface area contributed by atoms with E-state index >= 15 is 0 Å². The van der Waals surface area contributed by atoms with Gasteiger partial charge >= 0.3 is 0 Å². The van der Waals surface area contributed by atoms with Crippen molar-refractivity contribution in [2.75, 3.05) is 31.6 Å². The Hall–Kier alpha value is -1.47. The van der Waals surface area contributed by atoms with Crippen molar-refractivity contribution >= 4 is 34.5 Å². The van der Waals surface area contributed by atoms with Gasteiger partial charge in [0.2, 0.25) is 0 Å². The molecule has 0 unspecified atom stereocenters. The summed E-state index contributed by atoms with van der Waals surface area (Å²) in [5.41, 5.74) is 1.02. The highest BCUT2D eigenvalue weighted by atomic mass is 35.5. The van der Waals surface area contributed by atoms with Crippen LogP contribution in [0.25, 0.3) is 0 Å². The molecule has 22 heavy (non-hydrogen) atoms. The standard InChI is InChI=1S/C15H16ClN3O2S/c16-11-3-1-2-4-12(11)18-15(20)13-10-22-14(17-13)9-19-5-7-21-8-6-19/h1-4,10H,5-9H2,(H,18,20). The van der Waals surface area contributed by atoms with Gasteiger partial charge in [-0.05, 0) is 12.1 Å². The van der Waals surface area contributed by atoms with Crippen molar-refractivity contribution < 1.29 is 9.53 Å². The van der Waals surface area contributed by atoms with Crippen molar-refractivity contribution in [3.05, 3.63) is 45.4 Å². The van der Waals surface area contributed by atoms with E-state index in [4.69, 9.17) is 16.3 Å². The second kappa shape index (κ2) is 7.19. The lowest BCUT2D eigenvalue weighted by Gasteiger charge is -2.25. The first kappa shape index (κ1) is 15.4. The maximum absolute atomic E-state index is 12.2. The van der Waals surface area contributed by atoms with Gasteiger partial charge in [-0.15, -0.1) is 11.3 Å². The van der Waals surface area contributed by atoms with Crippen LogP contribution in [0.1, 0.15) is 15.5 Å². The molecule has 1 aliphatic rings. The zero-order valence-electron chi connectivity index (χ0n) is 11.9. The summed E-state index contributed by atoms with van der Waals surface area (Å²) in [6.07, 6.45) is 0. The van der Waals surface area contributed by atoms with Gasteiger partial charge in [0.25, 0.3) is 5.91 Å². The minimum atomic E-state index is -0.238. The van der Waals surface area contributed by atoms with Crippen molar-refractivity contribution in [2.24, 2.45) is 0 Å². The van der Waals surface area contributed by atoms with Gasteiger partial charge in [0.15, 0.2) is 0 Å². The molecular weight excluding hydrogens is 322 g/mol. The Morgan fingerprint density at radius 1 is 1.36 bits per heavy atom. The Morgan fingerprint density at radius 3 is 2.91 bits per heavy atom. The third-order valence-corrected chi connectivity index (χ3v) is 4.53. The predicted molar refractivity (Wildman–Crippen MR) is 87.6 cm³/mol. The van der Waals surface area contributed by atoms with Crippen LogP contribution in [0, 0.1) is 0 Å². The third kappa shape index (κ3) is 3.84. The van der Waals surface area contributed by atoms with Crippen molar-refractivity contribution in [2.45, 2.75) is 6.54 Å². The van der Waals surface area contributed by atoms with Gasteiger partial charge in [-0.25, -0.2) is 4.98 Å². The van der Waals surface area contributed by atoms with Gasteiger partial charge in [-0.1, -0.05) is 23.7 Å². The number of ether oxygens (including phenoxy) is 1. The number of carbonyl (C=O) groups excluding carboxylic acids is 1. The van der Waals surface area contributed by atoms with Crippen LogP contribution in [0.2, 0.25) is 5.02 Å². The predicted octanol–water partition coefficient (Wildman–Crippen LogP) is 2.88. The summed E-state index contributed by atoms with van der Waals surface area (Å²) < 4.78 is 5.32. The van der Waals surface area contributed by atoms with E-state index < -0.39 is 0 Å². The molecule has 1 fully saturated rings. The highest BCUT2D eigenvalue weighted by Crippen LogP contribution is 2.21. The van der Waals surface area contributed by atoms with Crippen LogP contribution in [-0.2, 0) is 11.3 Å². The Labute approximate surface area is 137 Å². The van der Waals surface area contributed by atoms with Crippen LogP contribution < -0.4 is 5.32 Å². The average Bonchev–Trinajstić information content (AvgIpc) is 2.99. The van der Waals surface area contributed by atoms with Crippen LogP contribution in [0.5, 0.6) is 0 Å². The lowest BCUT2D eigenvalue weighted by Crippen LogP contribution is -2.35. The summed E-state index contributed by atoms with van der Waals surface area (Å²) in [7, 11) is 0. The minimum absolute atomic E-state index is 0.238. The molecule has 1 aromatic carbocycles. The van der Waals surface area contributed by atoms with Gasteiger partial charge in [-0.3, -0.25) is 9.69 Å². The van der Waals surface area contributed by atoms with Crippen molar-refractivity contribution in [3.8, 4) is 0 Å². The molecule has 0 atom stereocenters. The van der Waals surface area contributed by atoms with E-state index in [0.717, 1.165) is 37.9 Å². The van der Waals surface area contributed by atoms with E-state index in [9.17, 15) is 4.79 Å². The Balaban J connectivity index is 1.63. The van der Waals surface area contributed by atoms with E-state index in [1.165, 1.54) is 11.3 Å². The number of anilines is 1. The van der Waals surface area contributed by atoms with Crippen LogP contribution >= 0.6 is 22.9 Å². The van der Waals surface area contributed by atoms with E-state index in [1.807, 2.05) is 12.1 Å². The molecule has 2 aromatic rings. The zero-order chi connectivity index (χ0) is 15.4. The summed E-state index contributed by atoms with van der Waals surface area (Å²) in [6.45, 7) is 4.07. The molecule has 1 N–H and O–H groups in total. The van der Waals surface area contributed by atoms with Gasteiger partial charge in [0, 0.05) is 18.5 Å². The quantitative estimate of drug-likeness (QED) is 0.932. The molecule has 0 saturated carbocycles. The monoisotopic (exact) mass is 337 g/mol. The molecule has 116 valence electrons. The van der Waals surface area contributed by atoms with Crippen LogP contribution in [0.15, 0.2) is 29.6 Å². The molecule has 1 saturated heterocycles. The second-order valence-electron chi connectivity index (χ2n) is 4.95. The highest BCUT2D eigenvalue weighted by molar-refractivity contribution is 7.09. The Morgan fingerprint density at radius 2 is 2.14 bits per heavy atom. The first-order valence-electron chi connectivity index (χ1n) is 7.03. The van der Waals surface area contributed by atoms with Crippen LogP contribution in [0.4, 0.5) is 5.69 Å². The molecule has 0 aliphatic carbocycles. The smallest absolute Gasteiger partial charge is 0.275 e. The topological polar surface area (TPSA) is 54.5 Å². The van der Waals surface area contributed by atoms with E-state index in [0.29, 0.717) is 16.4 Å². The van der Waals surface area contributed by atoms with Crippen molar-refractivity contribution in [1.29, 1.82) is 0 Å². The largest absolute Gasteiger partial charge is 0.379 e. The Kier molecular flexibility index (Phi) is 5.04. The number of thiazole rings is 1. The van der Waals surface area contributed by atoms with E-state index in [1.54, 1.807) is 17.5 Å². The van der Waals surface area contributed by atoms with Crippen LogP contribution in [-0.4, -0.2) is 42.1 Å². The molecule has 0 radical (unpaired) electrons. The number of benzene rings is 1. The summed E-state index contributed by atoms with van der Waals surface area (Å²) in [5.74, 6) is -0.238. The first-order valence-corrected chi connectivity index (χ1v) is 8.28. The highest BCUT2D eigenvalue weighted by Gasteiger charge is 2.16. The lowest BCUT2D eigenvalue weighted by atomic mass is 10.3. The molecule has 5 nitrogen and oxygen atoms in total. The lowest BCUT2D eigenvalue weighted by molar-refractivity contribution is 0.0341. The Bertz CT molecular complexity index is 656. The zero-order valence-corrected chi connectivity index (χ0v) is 13.5. The summed E-state index contributed by atoms with van der Waals surface area (Å²) in [4.78, 5) is 18.9. The summed E-state index contributed by atoms with van der Waals surface area (Å²) >= 11 is 7.54. The average molecular weight is 338 g/mol. The number of amides is 1. The molecule has 2 heterocycles. The van der Waals surface area contributed by atoms with E-state index in [-0.39, 0.29) is 5.91 Å². The maximum Gasteiger partial charge on any atom is 0.275 e. The van der Waals surface area contributed by atoms with E-state index in [2.05, 4.69) is 15.2 Å². The van der Waals surface area contributed by atoms with Gasteiger partial charge in [-0.2, -0.15) is 0 Å². The number of aromatic nitrogens is 1. The molecule has 1 aromatic heterocycles. The van der Waals surface area contributed by atoms with Crippen LogP contribution in [0.3, 0.4) is 0 Å². The van der Waals surface area contributed by atoms with Crippen molar-refractivity contribution in [3.63, 3.8) is 0 Å². The number of nitrogens with one attached hydrogen (secondary N) is 1. The molecule has 7 heteroatoms. The SMILES string of the molecule is O=C(Nc1ccccc1Cl)c1csc(CN2CCOCC2)n1. The fourth-order valence-corrected chi connectivity index (χ4v) is 3.19. The number of nitrogens with zero attached hydrogens (tertiary/aromatic N) is 2. The molecule has 3 rings (SSSR count). The molecule has 1 amide bonds. The van der Waals surface area contributed by atoms with Crippen molar-refractivity contribution in [1.82, 2.24) is 9.88 Å². The van der Waals surface area contributed by atoms with Gasteiger partial charge < -0.3 is 10.1 Å². The fraction of sp³-hybridized carbons (Fsp3) is 0.333. The summed E-state index contributed by atoms with van der Waals surface area (Å²) in [5, 5.41) is 6.01.